The maximum atomic E-state index is 12.2. The van der Waals surface area contributed by atoms with Crippen LogP contribution in [0.25, 0.3) is 0 Å². The molecule has 2 aromatic heterocycles. The van der Waals surface area contributed by atoms with Crippen LogP contribution in [-0.2, 0) is 6.54 Å². The molecular weight excluding hydrogens is 330 g/mol. The van der Waals surface area contributed by atoms with Crippen LogP contribution in [0.1, 0.15) is 34.9 Å². The highest BCUT2D eigenvalue weighted by molar-refractivity contribution is 5.92. The number of amides is 1. The van der Waals surface area contributed by atoms with Crippen LogP contribution in [-0.4, -0.2) is 40.9 Å². The standard InChI is InChI=1S/C16H21N5O2.ClH/c1-23-15-5-4-12(9-18-15)10-19-16(22)14-6-8-21(20-14)13-3-2-7-17-11-13;/h4-6,8-9,13,17H,2-3,7,10-11H2,1H3,(H,19,22);1H. The molecule has 1 saturated heterocycles. The van der Waals surface area contributed by atoms with Gasteiger partial charge in [0.2, 0.25) is 5.88 Å². The lowest BCUT2D eigenvalue weighted by molar-refractivity contribution is 0.0944. The number of aromatic nitrogens is 3. The van der Waals surface area contributed by atoms with Gasteiger partial charge in [0.05, 0.1) is 13.2 Å². The summed E-state index contributed by atoms with van der Waals surface area (Å²) in [5.41, 5.74) is 1.35. The largest absolute Gasteiger partial charge is 0.481 e. The molecule has 0 aromatic carbocycles. The first-order valence-electron chi connectivity index (χ1n) is 7.79. The Morgan fingerprint density at radius 1 is 1.46 bits per heavy atom. The summed E-state index contributed by atoms with van der Waals surface area (Å²) in [5, 5.41) is 10.6. The van der Waals surface area contributed by atoms with Crippen LogP contribution in [0.2, 0.25) is 0 Å². The zero-order chi connectivity index (χ0) is 16.1. The summed E-state index contributed by atoms with van der Waals surface area (Å²) in [4.78, 5) is 16.3. The molecule has 1 aliphatic rings. The first-order chi connectivity index (χ1) is 11.3. The fourth-order valence-corrected chi connectivity index (χ4v) is 2.63. The Kier molecular flexibility index (Phi) is 6.57. The van der Waals surface area contributed by atoms with Crippen LogP contribution in [0.15, 0.2) is 30.6 Å². The number of halogens is 1. The predicted octanol–water partition coefficient (Wildman–Crippen LogP) is 1.56. The van der Waals surface area contributed by atoms with E-state index in [1.165, 1.54) is 0 Å². The normalized spacial score (nSPS) is 17.0. The molecule has 0 bridgehead atoms. The Balaban J connectivity index is 0.00000208. The molecule has 0 aliphatic carbocycles. The number of rotatable bonds is 5. The predicted molar refractivity (Wildman–Crippen MR) is 92.6 cm³/mol. The molecule has 1 unspecified atom stereocenters. The maximum Gasteiger partial charge on any atom is 0.272 e. The molecule has 3 rings (SSSR count). The van der Waals surface area contributed by atoms with Gasteiger partial charge in [0.1, 0.15) is 5.69 Å². The Hall–Kier alpha value is -2.12. The lowest BCUT2D eigenvalue weighted by Crippen LogP contribution is -2.32. The van der Waals surface area contributed by atoms with E-state index in [0.717, 1.165) is 31.5 Å². The molecule has 130 valence electrons. The molecule has 2 aromatic rings. The minimum Gasteiger partial charge on any atom is -0.481 e. The van der Waals surface area contributed by atoms with E-state index in [9.17, 15) is 4.79 Å². The van der Waals surface area contributed by atoms with E-state index in [0.29, 0.717) is 24.2 Å². The van der Waals surface area contributed by atoms with Crippen molar-refractivity contribution < 1.29 is 9.53 Å². The highest BCUT2D eigenvalue weighted by Gasteiger charge is 2.17. The average molecular weight is 352 g/mol. The third kappa shape index (κ3) is 4.46. The van der Waals surface area contributed by atoms with Gasteiger partial charge in [0, 0.05) is 31.5 Å². The van der Waals surface area contributed by atoms with Gasteiger partial charge in [-0.05, 0) is 31.0 Å². The highest BCUT2D eigenvalue weighted by Crippen LogP contribution is 2.15. The number of ether oxygens (including phenoxy) is 1. The summed E-state index contributed by atoms with van der Waals surface area (Å²) in [5.74, 6) is 0.378. The number of carbonyl (C=O) groups excluding carboxylic acids is 1. The number of methoxy groups -OCH3 is 1. The van der Waals surface area contributed by atoms with Crippen LogP contribution in [0.4, 0.5) is 0 Å². The topological polar surface area (TPSA) is 81.1 Å². The number of hydrogen-bond donors (Lipinski definition) is 2. The van der Waals surface area contributed by atoms with E-state index in [1.807, 2.05) is 16.9 Å². The second-order valence-corrected chi connectivity index (χ2v) is 5.57. The van der Waals surface area contributed by atoms with E-state index in [-0.39, 0.29) is 18.3 Å². The number of nitrogens with zero attached hydrogens (tertiary/aromatic N) is 3. The third-order valence-corrected chi connectivity index (χ3v) is 3.95. The number of piperidine rings is 1. The lowest BCUT2D eigenvalue weighted by atomic mass is 10.1. The van der Waals surface area contributed by atoms with Gasteiger partial charge in [-0.2, -0.15) is 5.10 Å². The zero-order valence-electron chi connectivity index (χ0n) is 13.6. The van der Waals surface area contributed by atoms with Gasteiger partial charge in [0.15, 0.2) is 0 Å². The van der Waals surface area contributed by atoms with Gasteiger partial charge in [-0.25, -0.2) is 4.98 Å². The van der Waals surface area contributed by atoms with Crippen molar-refractivity contribution in [3.05, 3.63) is 41.9 Å². The first kappa shape index (κ1) is 18.2. The first-order valence-corrected chi connectivity index (χ1v) is 7.79. The summed E-state index contributed by atoms with van der Waals surface area (Å²) in [6.07, 6.45) is 5.79. The molecule has 0 radical (unpaired) electrons. The lowest BCUT2D eigenvalue weighted by Gasteiger charge is -2.22. The molecule has 0 saturated carbocycles. The molecular formula is C16H22ClN5O2. The Labute approximate surface area is 147 Å². The molecule has 1 amide bonds. The quantitative estimate of drug-likeness (QED) is 0.854. The van der Waals surface area contributed by atoms with E-state index in [1.54, 1.807) is 25.4 Å². The summed E-state index contributed by atoms with van der Waals surface area (Å²) in [6, 6.07) is 5.73. The van der Waals surface area contributed by atoms with Crippen LogP contribution >= 0.6 is 12.4 Å². The van der Waals surface area contributed by atoms with Crippen molar-refractivity contribution in [2.24, 2.45) is 0 Å². The van der Waals surface area contributed by atoms with Crippen molar-refractivity contribution >= 4 is 18.3 Å². The summed E-state index contributed by atoms with van der Waals surface area (Å²) in [6.45, 7) is 2.37. The third-order valence-electron chi connectivity index (χ3n) is 3.95. The molecule has 1 aliphatic heterocycles. The van der Waals surface area contributed by atoms with Gasteiger partial charge in [-0.15, -0.1) is 12.4 Å². The summed E-state index contributed by atoms with van der Waals surface area (Å²) < 4.78 is 6.89. The van der Waals surface area contributed by atoms with Crippen molar-refractivity contribution in [2.45, 2.75) is 25.4 Å². The van der Waals surface area contributed by atoms with Gasteiger partial charge < -0.3 is 15.4 Å². The summed E-state index contributed by atoms with van der Waals surface area (Å²) in [7, 11) is 1.57. The van der Waals surface area contributed by atoms with Gasteiger partial charge in [-0.3, -0.25) is 9.48 Å². The Morgan fingerprint density at radius 2 is 2.33 bits per heavy atom. The smallest absolute Gasteiger partial charge is 0.272 e. The van der Waals surface area contributed by atoms with E-state index >= 15 is 0 Å². The van der Waals surface area contributed by atoms with Gasteiger partial charge in [0.25, 0.3) is 5.91 Å². The highest BCUT2D eigenvalue weighted by atomic mass is 35.5. The molecule has 1 atom stereocenters. The minimum absolute atomic E-state index is 0. The van der Waals surface area contributed by atoms with Crippen molar-refractivity contribution in [3.63, 3.8) is 0 Å². The van der Waals surface area contributed by atoms with Crippen molar-refractivity contribution in [3.8, 4) is 5.88 Å². The monoisotopic (exact) mass is 351 g/mol. The van der Waals surface area contributed by atoms with E-state index in [2.05, 4.69) is 20.7 Å². The SMILES string of the molecule is COc1ccc(CNC(=O)c2ccn(C3CCCNC3)n2)cn1.Cl. The average Bonchev–Trinajstić information content (AvgIpc) is 3.11. The van der Waals surface area contributed by atoms with Gasteiger partial charge >= 0.3 is 0 Å². The van der Waals surface area contributed by atoms with Gasteiger partial charge in [-0.1, -0.05) is 6.07 Å². The minimum atomic E-state index is -0.177. The van der Waals surface area contributed by atoms with Crippen LogP contribution in [0.3, 0.4) is 0 Å². The zero-order valence-corrected chi connectivity index (χ0v) is 14.4. The molecule has 0 spiro atoms. The molecule has 8 heteroatoms. The number of hydrogen-bond acceptors (Lipinski definition) is 5. The summed E-state index contributed by atoms with van der Waals surface area (Å²) >= 11 is 0. The molecule has 7 nitrogen and oxygen atoms in total. The van der Waals surface area contributed by atoms with Crippen LogP contribution in [0.5, 0.6) is 5.88 Å². The van der Waals surface area contributed by atoms with E-state index < -0.39 is 0 Å². The van der Waals surface area contributed by atoms with Crippen LogP contribution < -0.4 is 15.4 Å². The molecule has 24 heavy (non-hydrogen) atoms. The van der Waals surface area contributed by atoms with Crippen molar-refractivity contribution in [2.75, 3.05) is 20.2 Å². The van der Waals surface area contributed by atoms with Crippen LogP contribution in [0, 0.1) is 0 Å². The molecule has 2 N–H and O–H groups in total. The fourth-order valence-electron chi connectivity index (χ4n) is 2.63. The van der Waals surface area contributed by atoms with Crippen molar-refractivity contribution in [1.29, 1.82) is 0 Å². The second kappa shape index (κ2) is 8.65. The fraction of sp³-hybridized carbons (Fsp3) is 0.438. The Bertz CT molecular complexity index is 653. The number of carbonyl (C=O) groups is 1. The van der Waals surface area contributed by atoms with E-state index in [4.69, 9.17) is 4.74 Å². The molecule has 1 fully saturated rings. The second-order valence-electron chi connectivity index (χ2n) is 5.57. The van der Waals surface area contributed by atoms with Crippen molar-refractivity contribution in [1.82, 2.24) is 25.4 Å². The number of pyridine rings is 1. The molecule has 3 heterocycles. The maximum absolute atomic E-state index is 12.2. The number of nitrogens with one attached hydrogen (secondary N) is 2. The Morgan fingerprint density at radius 3 is 3.00 bits per heavy atom.